The first-order valence-corrected chi connectivity index (χ1v) is 10.7. The van der Waals surface area contributed by atoms with Crippen LogP contribution in [-0.4, -0.2) is 25.8 Å². The number of aromatic amines is 2. The monoisotopic (exact) mass is 442 g/mol. The molecule has 3 aromatic heterocycles. The Labute approximate surface area is 186 Å². The number of thiophene rings is 1. The van der Waals surface area contributed by atoms with E-state index < -0.39 is 0 Å². The van der Waals surface area contributed by atoms with E-state index in [0.717, 1.165) is 22.3 Å². The summed E-state index contributed by atoms with van der Waals surface area (Å²) in [5.41, 5.74) is 4.32. The maximum absolute atomic E-state index is 12.3. The van der Waals surface area contributed by atoms with Crippen LogP contribution < -0.4 is 16.2 Å². The number of aromatic nitrogens is 4. The molecule has 5 rings (SSSR count). The number of fused-ring (bicyclic) bond motifs is 1. The summed E-state index contributed by atoms with van der Waals surface area (Å²) in [6.45, 7) is 1.98. The topological polar surface area (TPSA) is 116 Å². The van der Waals surface area contributed by atoms with Crippen LogP contribution in [-0.2, 0) is 0 Å². The van der Waals surface area contributed by atoms with E-state index in [1.165, 1.54) is 17.4 Å². The minimum Gasteiger partial charge on any atom is -0.325 e. The molecule has 32 heavy (non-hydrogen) atoms. The fourth-order valence-electron chi connectivity index (χ4n) is 3.31. The summed E-state index contributed by atoms with van der Waals surface area (Å²) < 4.78 is 0. The molecule has 5 aromatic rings. The maximum atomic E-state index is 12.3. The molecule has 0 radical (unpaired) electrons. The molecule has 2 aromatic carbocycles. The number of amides is 1. The van der Waals surface area contributed by atoms with Gasteiger partial charge in [-0.1, -0.05) is 30.3 Å². The van der Waals surface area contributed by atoms with Gasteiger partial charge in [-0.05, 0) is 42.1 Å². The Morgan fingerprint density at radius 3 is 2.66 bits per heavy atom. The number of nitrogens with one attached hydrogen (secondary N) is 4. The van der Waals surface area contributed by atoms with Gasteiger partial charge in [0.05, 0.1) is 21.6 Å². The van der Waals surface area contributed by atoms with Crippen LogP contribution in [0.3, 0.4) is 0 Å². The second-order valence-corrected chi connectivity index (χ2v) is 8.12. The molecule has 0 aliphatic rings. The van der Waals surface area contributed by atoms with Crippen molar-refractivity contribution < 1.29 is 4.79 Å². The summed E-state index contributed by atoms with van der Waals surface area (Å²) in [5.74, 6) is 0.495. The summed E-state index contributed by atoms with van der Waals surface area (Å²) in [4.78, 5) is 39.9. The van der Waals surface area contributed by atoms with Gasteiger partial charge >= 0.3 is 0 Å². The molecule has 0 aliphatic heterocycles. The fraction of sp³-hybridized carbons (Fsp3) is 0.0435. The average Bonchev–Trinajstić information content (AvgIpc) is 3.44. The van der Waals surface area contributed by atoms with Crippen molar-refractivity contribution in [2.45, 2.75) is 6.92 Å². The van der Waals surface area contributed by atoms with Gasteiger partial charge in [-0.2, -0.15) is 0 Å². The van der Waals surface area contributed by atoms with Crippen molar-refractivity contribution in [2.24, 2.45) is 0 Å². The molecule has 1 amide bonds. The number of hydrogen-bond donors (Lipinski definition) is 4. The number of para-hydroxylation sites is 1. The van der Waals surface area contributed by atoms with Crippen LogP contribution >= 0.6 is 11.3 Å². The second-order valence-electron chi connectivity index (χ2n) is 7.17. The largest absolute Gasteiger partial charge is 0.325 e. The van der Waals surface area contributed by atoms with Gasteiger partial charge in [-0.15, -0.1) is 11.3 Å². The molecular weight excluding hydrogens is 424 g/mol. The van der Waals surface area contributed by atoms with Gasteiger partial charge in [0.25, 0.3) is 11.5 Å². The molecule has 0 saturated heterocycles. The molecule has 0 bridgehead atoms. The third-order valence-electron chi connectivity index (χ3n) is 4.89. The average molecular weight is 443 g/mol. The van der Waals surface area contributed by atoms with Crippen LogP contribution in [0.15, 0.2) is 70.8 Å². The van der Waals surface area contributed by atoms with E-state index in [0.29, 0.717) is 28.0 Å². The first kappa shape index (κ1) is 19.7. The number of carbonyl (C=O) groups is 1. The van der Waals surface area contributed by atoms with Crippen molar-refractivity contribution in [1.29, 1.82) is 0 Å². The highest BCUT2D eigenvalue weighted by Gasteiger charge is 2.12. The number of carbonyl (C=O) groups excluding carboxylic acids is 1. The number of aryl methyl sites for hydroxylation is 1. The quantitative estimate of drug-likeness (QED) is 0.315. The minimum absolute atomic E-state index is 0.220. The summed E-state index contributed by atoms with van der Waals surface area (Å²) in [5, 5.41) is 7.78. The van der Waals surface area contributed by atoms with E-state index in [2.05, 4.69) is 30.6 Å². The van der Waals surface area contributed by atoms with E-state index >= 15 is 0 Å². The van der Waals surface area contributed by atoms with Crippen LogP contribution in [0.5, 0.6) is 0 Å². The molecular formula is C23H18N6O2S. The van der Waals surface area contributed by atoms with Crippen LogP contribution in [0.4, 0.5) is 17.6 Å². The lowest BCUT2D eigenvalue weighted by Crippen LogP contribution is -2.11. The lowest BCUT2D eigenvalue weighted by molar-refractivity contribution is 0.103. The predicted octanol–water partition coefficient (Wildman–Crippen LogP) is 4.68. The van der Waals surface area contributed by atoms with Gasteiger partial charge in [0.1, 0.15) is 0 Å². The van der Waals surface area contributed by atoms with Gasteiger partial charge in [0, 0.05) is 17.3 Å². The van der Waals surface area contributed by atoms with E-state index in [4.69, 9.17) is 0 Å². The molecule has 0 atom stereocenters. The third-order valence-corrected chi connectivity index (χ3v) is 5.76. The van der Waals surface area contributed by atoms with E-state index in [-0.39, 0.29) is 11.5 Å². The van der Waals surface area contributed by atoms with Crippen LogP contribution in [0.2, 0.25) is 0 Å². The fourth-order valence-corrected chi connectivity index (χ4v) is 3.93. The molecule has 0 fully saturated rings. The zero-order chi connectivity index (χ0) is 22.1. The van der Waals surface area contributed by atoms with Crippen molar-refractivity contribution in [3.05, 3.63) is 86.8 Å². The molecule has 0 unspecified atom stereocenters. The Morgan fingerprint density at radius 2 is 1.84 bits per heavy atom. The van der Waals surface area contributed by atoms with Gasteiger partial charge in [-0.25, -0.2) is 9.97 Å². The zero-order valence-corrected chi connectivity index (χ0v) is 17.8. The molecule has 3 heterocycles. The Morgan fingerprint density at radius 1 is 0.969 bits per heavy atom. The van der Waals surface area contributed by atoms with Crippen molar-refractivity contribution in [2.75, 3.05) is 10.6 Å². The predicted molar refractivity (Wildman–Crippen MR) is 127 cm³/mol. The Balaban J connectivity index is 1.44. The number of hydrogen-bond acceptors (Lipinski definition) is 6. The van der Waals surface area contributed by atoms with Gasteiger partial charge in [0.2, 0.25) is 11.9 Å². The number of benzene rings is 2. The summed E-state index contributed by atoms with van der Waals surface area (Å²) >= 11 is 1.36. The molecule has 158 valence electrons. The lowest BCUT2D eigenvalue weighted by Gasteiger charge is -2.09. The van der Waals surface area contributed by atoms with E-state index in [9.17, 15) is 9.59 Å². The van der Waals surface area contributed by atoms with Crippen LogP contribution in [0.25, 0.3) is 22.3 Å². The SMILES string of the molecule is Cc1ccccc1Nc1nc(-c2ccc3nc(NC(=O)c4cccs4)[nH]c3c2)cc(=O)[nH]1. The lowest BCUT2D eigenvalue weighted by atomic mass is 10.1. The Kier molecular flexibility index (Phi) is 5.00. The molecule has 0 saturated carbocycles. The maximum Gasteiger partial charge on any atom is 0.268 e. The molecule has 9 heteroatoms. The van der Waals surface area contributed by atoms with Crippen molar-refractivity contribution in [3.63, 3.8) is 0 Å². The smallest absolute Gasteiger partial charge is 0.268 e. The zero-order valence-electron chi connectivity index (χ0n) is 17.0. The third kappa shape index (κ3) is 4.01. The van der Waals surface area contributed by atoms with Crippen molar-refractivity contribution in [1.82, 2.24) is 19.9 Å². The minimum atomic E-state index is -0.264. The molecule has 8 nitrogen and oxygen atoms in total. The summed E-state index contributed by atoms with van der Waals surface area (Å²) in [6.07, 6.45) is 0. The number of nitrogens with zero attached hydrogens (tertiary/aromatic N) is 2. The van der Waals surface area contributed by atoms with Gasteiger partial charge in [0.15, 0.2) is 0 Å². The summed E-state index contributed by atoms with van der Waals surface area (Å²) in [6, 6.07) is 18.3. The standard InChI is InChI=1S/C23H18N6O2S/c1-13-5-2-3-6-15(13)24-22-26-17(12-20(30)28-22)14-8-9-16-18(11-14)27-23(25-16)29-21(31)19-7-4-10-32-19/h2-12H,1H3,(H2,24,26,28,30)(H2,25,27,29,31). The number of rotatable bonds is 5. The van der Waals surface area contributed by atoms with Gasteiger partial charge in [-0.3, -0.25) is 19.9 Å². The molecule has 0 spiro atoms. The van der Waals surface area contributed by atoms with Crippen LogP contribution in [0.1, 0.15) is 15.2 Å². The first-order valence-electron chi connectivity index (χ1n) is 9.84. The highest BCUT2D eigenvalue weighted by molar-refractivity contribution is 7.12. The van der Waals surface area contributed by atoms with Crippen LogP contribution in [0, 0.1) is 6.92 Å². The van der Waals surface area contributed by atoms with Crippen molar-refractivity contribution in [3.8, 4) is 11.3 Å². The Bertz CT molecular complexity index is 1490. The number of anilines is 3. The highest BCUT2D eigenvalue weighted by atomic mass is 32.1. The second kappa shape index (κ2) is 8.12. The number of H-pyrrole nitrogens is 2. The molecule has 4 N–H and O–H groups in total. The molecule has 0 aliphatic carbocycles. The van der Waals surface area contributed by atoms with Gasteiger partial charge < -0.3 is 10.3 Å². The number of imidazole rings is 1. The van der Waals surface area contributed by atoms with Crippen molar-refractivity contribution >= 4 is 45.9 Å². The highest BCUT2D eigenvalue weighted by Crippen LogP contribution is 2.24. The Hall–Kier alpha value is -4.24. The normalized spacial score (nSPS) is 10.9. The summed E-state index contributed by atoms with van der Waals surface area (Å²) in [7, 11) is 0. The van der Waals surface area contributed by atoms with E-state index in [1.807, 2.05) is 60.8 Å². The first-order chi connectivity index (χ1) is 15.5. The van der Waals surface area contributed by atoms with E-state index in [1.54, 1.807) is 6.07 Å².